The Morgan fingerprint density at radius 3 is 1.38 bits per heavy atom. The molecule has 1 rings (SSSR count). The van der Waals surface area contributed by atoms with Crippen molar-refractivity contribution in [3.63, 3.8) is 0 Å². The molecule has 1 aromatic carbocycles. The summed E-state index contributed by atoms with van der Waals surface area (Å²) in [5.41, 5.74) is 6.04. The molecular weight excluding hydrogens is 286 g/mol. The van der Waals surface area contributed by atoms with E-state index in [9.17, 15) is 13.0 Å². The van der Waals surface area contributed by atoms with Gasteiger partial charge in [0.05, 0.1) is 4.90 Å². The van der Waals surface area contributed by atoms with Crippen molar-refractivity contribution in [2.24, 2.45) is 17.6 Å². The molecule has 0 atom stereocenters. The van der Waals surface area contributed by atoms with E-state index < -0.39 is 10.1 Å². The summed E-state index contributed by atoms with van der Waals surface area (Å²) in [5, 5.41) is 0. The third kappa shape index (κ3) is 15.3. The maximum Gasteiger partial charge on any atom is 0.124 e. The summed E-state index contributed by atoms with van der Waals surface area (Å²) in [6.07, 6.45) is 0. The van der Waals surface area contributed by atoms with Gasteiger partial charge < -0.3 is 10.3 Å². The number of aryl methyl sites for hydroxylation is 1. The highest BCUT2D eigenvalue weighted by atomic mass is 32.2. The van der Waals surface area contributed by atoms with E-state index in [1.807, 2.05) is 20.8 Å². The Kier molecular flexibility index (Phi) is 11.5. The van der Waals surface area contributed by atoms with Gasteiger partial charge in [-0.05, 0) is 36.9 Å². The molecule has 0 heterocycles. The molecule has 5 heteroatoms. The molecule has 2 N–H and O–H groups in total. The number of hydrogen-bond acceptors (Lipinski definition) is 4. The smallest absolute Gasteiger partial charge is 0.124 e. The SMILES string of the molecule is CC(C)C(C)C.CC(C)N.Cc1ccc(S(=O)(=O)[O-])cc1. The first-order chi connectivity index (χ1) is 9.37. The Bertz CT molecular complexity index is 454. The molecule has 4 nitrogen and oxygen atoms in total. The first kappa shape index (κ1) is 22.4. The van der Waals surface area contributed by atoms with Crippen LogP contribution in [0.3, 0.4) is 0 Å². The lowest BCUT2D eigenvalue weighted by Crippen LogP contribution is -2.06. The highest BCUT2D eigenvalue weighted by Crippen LogP contribution is 2.08. The summed E-state index contributed by atoms with van der Waals surface area (Å²) in [6.45, 7) is 14.7. The predicted octanol–water partition coefficient (Wildman–Crippen LogP) is 3.55. The van der Waals surface area contributed by atoms with Gasteiger partial charge in [0, 0.05) is 0 Å². The Balaban J connectivity index is 0. The zero-order valence-electron chi connectivity index (χ0n) is 14.3. The number of benzene rings is 1. The highest BCUT2D eigenvalue weighted by Gasteiger charge is 1.97. The van der Waals surface area contributed by atoms with E-state index in [2.05, 4.69) is 27.7 Å². The minimum absolute atomic E-state index is 0.178. The third-order valence-electron chi connectivity index (χ3n) is 2.64. The average Bonchev–Trinajstić information content (AvgIpc) is 2.28. The molecule has 0 bridgehead atoms. The second kappa shape index (κ2) is 10.8. The molecule has 0 saturated carbocycles. The molecule has 0 aliphatic heterocycles. The van der Waals surface area contributed by atoms with E-state index in [1.54, 1.807) is 12.1 Å². The molecule has 0 radical (unpaired) electrons. The summed E-state index contributed by atoms with van der Waals surface area (Å²) >= 11 is 0. The molecule has 0 fully saturated rings. The van der Waals surface area contributed by atoms with E-state index in [0.717, 1.165) is 17.4 Å². The second-order valence-corrected chi connectivity index (χ2v) is 7.38. The van der Waals surface area contributed by atoms with Crippen molar-refractivity contribution in [3.05, 3.63) is 29.8 Å². The number of rotatable bonds is 2. The lowest BCUT2D eigenvalue weighted by molar-refractivity contribution is 0.457. The van der Waals surface area contributed by atoms with Crippen molar-refractivity contribution in [2.45, 2.75) is 59.4 Å². The van der Waals surface area contributed by atoms with E-state index in [0.29, 0.717) is 6.04 Å². The van der Waals surface area contributed by atoms with Crippen LogP contribution < -0.4 is 5.73 Å². The molecule has 1 aromatic rings. The van der Waals surface area contributed by atoms with Gasteiger partial charge in [-0.1, -0.05) is 59.2 Å². The van der Waals surface area contributed by atoms with Gasteiger partial charge in [-0.25, -0.2) is 8.42 Å². The predicted molar refractivity (Wildman–Crippen MR) is 88.1 cm³/mol. The van der Waals surface area contributed by atoms with Gasteiger partial charge in [-0.15, -0.1) is 0 Å². The lowest BCUT2D eigenvalue weighted by Gasteiger charge is -2.05. The number of hydrogen-bond donors (Lipinski definition) is 1. The Hall–Kier alpha value is -0.910. The molecule has 0 amide bonds. The van der Waals surface area contributed by atoms with Crippen LogP contribution in [-0.2, 0) is 10.1 Å². The monoisotopic (exact) mass is 316 g/mol. The van der Waals surface area contributed by atoms with Crippen molar-refractivity contribution in [1.29, 1.82) is 0 Å². The summed E-state index contributed by atoms with van der Waals surface area (Å²) in [7, 11) is -4.27. The zero-order valence-corrected chi connectivity index (χ0v) is 15.1. The first-order valence-corrected chi connectivity index (χ1v) is 8.56. The Labute approximate surface area is 130 Å². The van der Waals surface area contributed by atoms with Gasteiger partial charge in [0.15, 0.2) is 0 Å². The first-order valence-electron chi connectivity index (χ1n) is 7.16. The molecule has 0 saturated heterocycles. The van der Waals surface area contributed by atoms with Gasteiger partial charge in [0.1, 0.15) is 10.1 Å². The minimum atomic E-state index is -4.27. The molecule has 21 heavy (non-hydrogen) atoms. The molecule has 0 spiro atoms. The van der Waals surface area contributed by atoms with Gasteiger partial charge in [0.2, 0.25) is 0 Å². The zero-order chi connectivity index (χ0) is 17.2. The maximum absolute atomic E-state index is 10.4. The lowest BCUT2D eigenvalue weighted by atomic mass is 10.0. The van der Waals surface area contributed by atoms with Crippen molar-refractivity contribution in [3.8, 4) is 0 Å². The van der Waals surface area contributed by atoms with Crippen molar-refractivity contribution < 1.29 is 13.0 Å². The fourth-order valence-electron chi connectivity index (χ4n) is 0.705. The van der Waals surface area contributed by atoms with E-state index >= 15 is 0 Å². The maximum atomic E-state index is 10.4. The van der Waals surface area contributed by atoms with Crippen LogP contribution in [0.25, 0.3) is 0 Å². The van der Waals surface area contributed by atoms with Gasteiger partial charge >= 0.3 is 0 Å². The largest absolute Gasteiger partial charge is 0.744 e. The van der Waals surface area contributed by atoms with Crippen LogP contribution in [0.4, 0.5) is 0 Å². The van der Waals surface area contributed by atoms with Crippen LogP contribution in [0.2, 0.25) is 0 Å². The summed E-state index contributed by atoms with van der Waals surface area (Å²) in [6, 6.07) is 6.12. The molecule has 0 aliphatic rings. The Morgan fingerprint density at radius 1 is 0.905 bits per heavy atom. The minimum Gasteiger partial charge on any atom is -0.744 e. The summed E-state index contributed by atoms with van der Waals surface area (Å²) < 4.78 is 31.2. The van der Waals surface area contributed by atoms with Crippen LogP contribution in [0, 0.1) is 18.8 Å². The van der Waals surface area contributed by atoms with Crippen LogP contribution in [0.5, 0.6) is 0 Å². The Morgan fingerprint density at radius 2 is 1.19 bits per heavy atom. The van der Waals surface area contributed by atoms with Crippen molar-refractivity contribution in [1.82, 2.24) is 0 Å². The third-order valence-corrected chi connectivity index (χ3v) is 3.49. The number of nitrogens with two attached hydrogens (primary N) is 1. The van der Waals surface area contributed by atoms with Crippen molar-refractivity contribution >= 4 is 10.1 Å². The molecule has 124 valence electrons. The van der Waals surface area contributed by atoms with Gasteiger partial charge in [-0.2, -0.15) is 0 Å². The normalized spacial score (nSPS) is 10.9. The quantitative estimate of drug-likeness (QED) is 0.846. The van der Waals surface area contributed by atoms with Crippen molar-refractivity contribution in [2.75, 3.05) is 0 Å². The van der Waals surface area contributed by atoms with Crippen LogP contribution in [-0.4, -0.2) is 19.0 Å². The molecule has 0 aliphatic carbocycles. The topological polar surface area (TPSA) is 83.2 Å². The van der Waals surface area contributed by atoms with E-state index in [4.69, 9.17) is 5.73 Å². The van der Waals surface area contributed by atoms with Crippen LogP contribution >= 0.6 is 0 Å². The summed E-state index contributed by atoms with van der Waals surface area (Å²) in [4.78, 5) is -0.178. The molecule has 0 aromatic heterocycles. The fourth-order valence-corrected chi connectivity index (χ4v) is 1.17. The van der Waals surface area contributed by atoms with E-state index in [1.165, 1.54) is 12.1 Å². The van der Waals surface area contributed by atoms with Crippen LogP contribution in [0.1, 0.15) is 47.1 Å². The average molecular weight is 316 g/mol. The standard InChI is InChI=1S/C7H8O3S.C6H14.C3H9N/c1-6-2-4-7(5-3-6)11(8,9)10;1-5(2)6(3)4;1-3(2)4/h2-5H,1H3,(H,8,9,10);5-6H,1-4H3;3H,4H2,1-2H3/p-1. The molecule has 0 unspecified atom stereocenters. The fraction of sp³-hybridized carbons (Fsp3) is 0.625. The summed E-state index contributed by atoms with van der Waals surface area (Å²) in [5.74, 6) is 1.70. The van der Waals surface area contributed by atoms with Gasteiger partial charge in [-0.3, -0.25) is 0 Å². The van der Waals surface area contributed by atoms with E-state index in [-0.39, 0.29) is 4.90 Å². The highest BCUT2D eigenvalue weighted by molar-refractivity contribution is 7.85. The second-order valence-electron chi connectivity index (χ2n) is 6.00. The van der Waals surface area contributed by atoms with Crippen LogP contribution in [0.15, 0.2) is 29.2 Å². The van der Waals surface area contributed by atoms with Gasteiger partial charge in [0.25, 0.3) is 0 Å². The molecular formula is C16H30NO3S-.